The first kappa shape index (κ1) is 10.7. The first-order chi connectivity index (χ1) is 8.81. The molecular formula is C13H12N4O. The van der Waals surface area contributed by atoms with Gasteiger partial charge >= 0.3 is 0 Å². The van der Waals surface area contributed by atoms with Gasteiger partial charge in [-0.15, -0.1) is 0 Å². The molecule has 5 heteroatoms. The van der Waals surface area contributed by atoms with Crippen molar-refractivity contribution in [1.82, 2.24) is 19.9 Å². The van der Waals surface area contributed by atoms with E-state index in [9.17, 15) is 0 Å². The van der Waals surface area contributed by atoms with E-state index in [-0.39, 0.29) is 0 Å². The fourth-order valence-corrected chi connectivity index (χ4v) is 1.75. The SMILES string of the molecule is Cc1cccc(-c2noc(Cn3cccn3)n2)c1. The number of hydrogen-bond donors (Lipinski definition) is 0. The van der Waals surface area contributed by atoms with E-state index < -0.39 is 0 Å². The third-order valence-electron chi connectivity index (χ3n) is 2.60. The Labute approximate surface area is 104 Å². The number of benzene rings is 1. The van der Waals surface area contributed by atoms with Crippen LogP contribution >= 0.6 is 0 Å². The summed E-state index contributed by atoms with van der Waals surface area (Å²) in [5.74, 6) is 1.16. The van der Waals surface area contributed by atoms with Crippen molar-refractivity contribution in [3.05, 3.63) is 54.2 Å². The molecule has 18 heavy (non-hydrogen) atoms. The second-order valence-corrected chi connectivity index (χ2v) is 4.08. The molecule has 0 radical (unpaired) electrons. The summed E-state index contributed by atoms with van der Waals surface area (Å²) >= 11 is 0. The molecule has 1 aromatic carbocycles. The fraction of sp³-hybridized carbons (Fsp3) is 0.154. The Morgan fingerprint density at radius 1 is 1.28 bits per heavy atom. The van der Waals surface area contributed by atoms with Crippen LogP contribution in [0.15, 0.2) is 47.2 Å². The van der Waals surface area contributed by atoms with Gasteiger partial charge in [-0.2, -0.15) is 10.1 Å². The molecule has 3 aromatic rings. The fourth-order valence-electron chi connectivity index (χ4n) is 1.75. The maximum absolute atomic E-state index is 5.21. The van der Waals surface area contributed by atoms with Crippen LogP contribution < -0.4 is 0 Å². The van der Waals surface area contributed by atoms with Gasteiger partial charge in [-0.3, -0.25) is 4.68 Å². The van der Waals surface area contributed by atoms with E-state index in [1.54, 1.807) is 10.9 Å². The Balaban J connectivity index is 1.85. The Morgan fingerprint density at radius 2 is 2.22 bits per heavy atom. The van der Waals surface area contributed by atoms with Gasteiger partial charge in [0.2, 0.25) is 11.7 Å². The normalized spacial score (nSPS) is 10.7. The molecule has 0 fully saturated rings. The molecule has 0 N–H and O–H groups in total. The topological polar surface area (TPSA) is 56.7 Å². The van der Waals surface area contributed by atoms with Crippen LogP contribution in [-0.4, -0.2) is 19.9 Å². The molecule has 0 atom stereocenters. The lowest BCUT2D eigenvalue weighted by atomic mass is 10.1. The first-order valence-electron chi connectivity index (χ1n) is 5.68. The monoisotopic (exact) mass is 240 g/mol. The summed E-state index contributed by atoms with van der Waals surface area (Å²) in [6.07, 6.45) is 3.58. The van der Waals surface area contributed by atoms with Crippen LogP contribution in [0.4, 0.5) is 0 Å². The summed E-state index contributed by atoms with van der Waals surface area (Å²) in [7, 11) is 0. The molecule has 0 saturated heterocycles. The summed E-state index contributed by atoms with van der Waals surface area (Å²) < 4.78 is 6.95. The molecular weight excluding hydrogens is 228 g/mol. The number of nitrogens with zero attached hydrogens (tertiary/aromatic N) is 4. The molecule has 2 heterocycles. The first-order valence-corrected chi connectivity index (χ1v) is 5.68. The Morgan fingerprint density at radius 3 is 3.00 bits per heavy atom. The van der Waals surface area contributed by atoms with Crippen molar-refractivity contribution in [1.29, 1.82) is 0 Å². The minimum absolute atomic E-state index is 0.492. The molecule has 5 nitrogen and oxygen atoms in total. The van der Waals surface area contributed by atoms with Crippen LogP contribution in [0.2, 0.25) is 0 Å². The van der Waals surface area contributed by atoms with Crippen molar-refractivity contribution in [3.63, 3.8) is 0 Å². The zero-order valence-electron chi connectivity index (χ0n) is 9.95. The van der Waals surface area contributed by atoms with Crippen LogP contribution in [0.1, 0.15) is 11.5 Å². The van der Waals surface area contributed by atoms with Crippen molar-refractivity contribution in [3.8, 4) is 11.4 Å². The summed E-state index contributed by atoms with van der Waals surface area (Å²) in [5, 5.41) is 8.08. The van der Waals surface area contributed by atoms with E-state index in [0.29, 0.717) is 18.3 Å². The molecule has 0 saturated carbocycles. The predicted molar refractivity (Wildman–Crippen MR) is 65.8 cm³/mol. The van der Waals surface area contributed by atoms with Crippen molar-refractivity contribution >= 4 is 0 Å². The lowest BCUT2D eigenvalue weighted by molar-refractivity contribution is 0.366. The smallest absolute Gasteiger partial charge is 0.248 e. The van der Waals surface area contributed by atoms with Gasteiger partial charge in [0, 0.05) is 18.0 Å². The van der Waals surface area contributed by atoms with Gasteiger partial charge in [-0.05, 0) is 19.1 Å². The molecule has 0 aliphatic rings. The van der Waals surface area contributed by atoms with Crippen LogP contribution in [0.3, 0.4) is 0 Å². The van der Waals surface area contributed by atoms with Gasteiger partial charge in [-0.1, -0.05) is 28.9 Å². The van der Waals surface area contributed by atoms with Gasteiger partial charge in [0.1, 0.15) is 6.54 Å². The van der Waals surface area contributed by atoms with Crippen LogP contribution in [0.5, 0.6) is 0 Å². The minimum Gasteiger partial charge on any atom is -0.337 e. The largest absolute Gasteiger partial charge is 0.337 e. The standard InChI is InChI=1S/C13H12N4O/c1-10-4-2-5-11(8-10)13-15-12(18-16-13)9-17-7-3-6-14-17/h2-8H,9H2,1H3. The molecule has 90 valence electrons. The maximum Gasteiger partial charge on any atom is 0.248 e. The average Bonchev–Trinajstić information content (AvgIpc) is 3.01. The average molecular weight is 240 g/mol. The quantitative estimate of drug-likeness (QED) is 0.704. The summed E-state index contributed by atoms with van der Waals surface area (Å²) in [6, 6.07) is 9.87. The minimum atomic E-state index is 0.492. The highest BCUT2D eigenvalue weighted by Crippen LogP contribution is 2.17. The molecule has 0 aliphatic carbocycles. The molecule has 0 bridgehead atoms. The van der Waals surface area contributed by atoms with Gasteiger partial charge < -0.3 is 4.52 Å². The Bertz CT molecular complexity index is 643. The number of rotatable bonds is 3. The molecule has 0 unspecified atom stereocenters. The van der Waals surface area contributed by atoms with Crippen molar-refractivity contribution in [2.45, 2.75) is 13.5 Å². The van der Waals surface area contributed by atoms with Gasteiger partial charge in [0.25, 0.3) is 0 Å². The maximum atomic E-state index is 5.21. The third-order valence-corrected chi connectivity index (χ3v) is 2.60. The van der Waals surface area contributed by atoms with E-state index in [1.807, 2.05) is 43.5 Å². The molecule has 2 aromatic heterocycles. The van der Waals surface area contributed by atoms with E-state index in [0.717, 1.165) is 5.56 Å². The third kappa shape index (κ3) is 2.15. The summed E-state index contributed by atoms with van der Waals surface area (Å²) in [4.78, 5) is 4.36. The van der Waals surface area contributed by atoms with Crippen molar-refractivity contribution < 1.29 is 4.52 Å². The second-order valence-electron chi connectivity index (χ2n) is 4.08. The zero-order chi connectivity index (χ0) is 12.4. The van der Waals surface area contributed by atoms with Gasteiger partial charge in [0.05, 0.1) is 0 Å². The molecule has 0 spiro atoms. The van der Waals surface area contributed by atoms with Crippen molar-refractivity contribution in [2.75, 3.05) is 0 Å². The Kier molecular flexibility index (Phi) is 2.64. The number of aryl methyl sites for hydroxylation is 1. The lowest BCUT2D eigenvalue weighted by Gasteiger charge is -1.95. The molecule has 0 aliphatic heterocycles. The van der Waals surface area contributed by atoms with E-state index in [1.165, 1.54) is 5.56 Å². The van der Waals surface area contributed by atoms with Crippen molar-refractivity contribution in [2.24, 2.45) is 0 Å². The Hall–Kier alpha value is -2.43. The van der Waals surface area contributed by atoms with Gasteiger partial charge in [-0.25, -0.2) is 0 Å². The molecule has 3 rings (SSSR count). The highest BCUT2D eigenvalue weighted by Gasteiger charge is 2.09. The summed E-state index contributed by atoms with van der Waals surface area (Å²) in [5.41, 5.74) is 2.14. The number of aromatic nitrogens is 4. The van der Waals surface area contributed by atoms with Crippen LogP contribution in [0, 0.1) is 6.92 Å². The highest BCUT2D eigenvalue weighted by atomic mass is 16.5. The van der Waals surface area contributed by atoms with E-state index in [2.05, 4.69) is 15.2 Å². The van der Waals surface area contributed by atoms with E-state index >= 15 is 0 Å². The van der Waals surface area contributed by atoms with E-state index in [4.69, 9.17) is 4.52 Å². The predicted octanol–water partition coefficient (Wildman–Crippen LogP) is 2.29. The second kappa shape index (κ2) is 4.44. The highest BCUT2D eigenvalue weighted by molar-refractivity contribution is 5.55. The van der Waals surface area contributed by atoms with Gasteiger partial charge in [0.15, 0.2) is 0 Å². The van der Waals surface area contributed by atoms with Crippen LogP contribution in [0.25, 0.3) is 11.4 Å². The zero-order valence-corrected chi connectivity index (χ0v) is 9.95. The summed E-state index contributed by atoms with van der Waals surface area (Å²) in [6.45, 7) is 2.53. The van der Waals surface area contributed by atoms with Crippen LogP contribution in [-0.2, 0) is 6.54 Å². The number of hydrogen-bond acceptors (Lipinski definition) is 4. The molecule has 0 amide bonds. The lowest BCUT2D eigenvalue weighted by Crippen LogP contribution is -1.99.